The Bertz CT molecular complexity index is 524. The van der Waals surface area contributed by atoms with Crippen LogP contribution in [0.1, 0.15) is 16.2 Å². The molecule has 1 amide bonds. The first-order valence-corrected chi connectivity index (χ1v) is 4.89. The summed E-state index contributed by atoms with van der Waals surface area (Å²) in [5.74, 6) is 0.233. The van der Waals surface area contributed by atoms with E-state index in [9.17, 15) is 4.79 Å². The predicted octanol–water partition coefficient (Wildman–Crippen LogP) is 2.28. The molecule has 0 aromatic carbocycles. The normalized spacial score (nSPS) is 10.1. The molecule has 2 aromatic heterocycles. The Morgan fingerprint density at radius 2 is 2.31 bits per heavy atom. The first-order chi connectivity index (χ1) is 7.65. The standard InChI is InChI=1S/C10H8ClN3O2/c1-6-4-8(14-16-6)10(15)13-7-2-3-12-9(11)5-7/h2-5H,1H3,(H,12,13,15). The molecule has 0 unspecified atom stereocenters. The number of nitrogens with one attached hydrogen (secondary N) is 1. The third kappa shape index (κ3) is 2.38. The van der Waals surface area contributed by atoms with Crippen LogP contribution in [0.25, 0.3) is 0 Å². The van der Waals surface area contributed by atoms with Crippen LogP contribution in [0.15, 0.2) is 28.9 Å². The average molecular weight is 238 g/mol. The van der Waals surface area contributed by atoms with Gasteiger partial charge in [0, 0.05) is 18.0 Å². The van der Waals surface area contributed by atoms with Gasteiger partial charge < -0.3 is 9.84 Å². The van der Waals surface area contributed by atoms with Crippen LogP contribution in [0.2, 0.25) is 5.15 Å². The van der Waals surface area contributed by atoms with E-state index in [-0.39, 0.29) is 11.6 Å². The van der Waals surface area contributed by atoms with Crippen LogP contribution in [0.5, 0.6) is 0 Å². The molecule has 0 bridgehead atoms. The van der Waals surface area contributed by atoms with Crippen molar-refractivity contribution in [3.05, 3.63) is 41.0 Å². The molecule has 0 radical (unpaired) electrons. The number of aromatic nitrogens is 2. The fourth-order valence-electron chi connectivity index (χ4n) is 1.15. The van der Waals surface area contributed by atoms with Crippen LogP contribution in [0.3, 0.4) is 0 Å². The number of hydrogen-bond donors (Lipinski definition) is 1. The molecule has 2 aromatic rings. The third-order valence-electron chi connectivity index (χ3n) is 1.85. The van der Waals surface area contributed by atoms with Crippen molar-refractivity contribution >= 4 is 23.2 Å². The molecule has 2 heterocycles. The molecule has 5 nitrogen and oxygen atoms in total. The lowest BCUT2D eigenvalue weighted by Crippen LogP contribution is -2.12. The quantitative estimate of drug-likeness (QED) is 0.814. The van der Waals surface area contributed by atoms with Crippen molar-refractivity contribution in [3.8, 4) is 0 Å². The van der Waals surface area contributed by atoms with Gasteiger partial charge in [-0.2, -0.15) is 0 Å². The second-order valence-corrected chi connectivity index (χ2v) is 3.53. The van der Waals surface area contributed by atoms with E-state index in [1.165, 1.54) is 6.20 Å². The zero-order valence-corrected chi connectivity index (χ0v) is 9.15. The second-order valence-electron chi connectivity index (χ2n) is 3.14. The molecule has 6 heteroatoms. The summed E-state index contributed by atoms with van der Waals surface area (Å²) in [6.45, 7) is 1.72. The first kappa shape index (κ1) is 10.6. The highest BCUT2D eigenvalue weighted by Gasteiger charge is 2.10. The van der Waals surface area contributed by atoms with E-state index in [1.807, 2.05) is 0 Å². The summed E-state index contributed by atoms with van der Waals surface area (Å²) in [5.41, 5.74) is 0.788. The molecule has 0 fully saturated rings. The van der Waals surface area contributed by atoms with E-state index < -0.39 is 0 Å². The maximum absolute atomic E-state index is 11.6. The van der Waals surface area contributed by atoms with Gasteiger partial charge in [0.1, 0.15) is 10.9 Å². The van der Waals surface area contributed by atoms with E-state index >= 15 is 0 Å². The minimum absolute atomic E-state index is 0.227. The van der Waals surface area contributed by atoms with Crippen molar-refractivity contribution < 1.29 is 9.32 Å². The number of rotatable bonds is 2. The SMILES string of the molecule is Cc1cc(C(=O)Nc2ccnc(Cl)c2)no1. The van der Waals surface area contributed by atoms with E-state index in [0.29, 0.717) is 16.6 Å². The van der Waals surface area contributed by atoms with Gasteiger partial charge in [-0.3, -0.25) is 4.79 Å². The smallest absolute Gasteiger partial charge is 0.277 e. The summed E-state index contributed by atoms with van der Waals surface area (Å²) in [7, 11) is 0. The monoisotopic (exact) mass is 237 g/mol. The largest absolute Gasteiger partial charge is 0.361 e. The van der Waals surface area contributed by atoms with Crippen molar-refractivity contribution in [2.75, 3.05) is 5.32 Å². The Hall–Kier alpha value is -1.88. The molecule has 0 aliphatic heterocycles. The lowest BCUT2D eigenvalue weighted by Gasteiger charge is -2.01. The van der Waals surface area contributed by atoms with Crippen molar-refractivity contribution in [1.82, 2.24) is 10.1 Å². The van der Waals surface area contributed by atoms with E-state index in [1.54, 1.807) is 25.1 Å². The molecule has 0 aliphatic carbocycles. The lowest BCUT2D eigenvalue weighted by atomic mass is 10.3. The summed E-state index contributed by atoms with van der Waals surface area (Å²) in [6.07, 6.45) is 1.51. The molecule has 1 N–H and O–H groups in total. The van der Waals surface area contributed by atoms with Gasteiger partial charge in [0.15, 0.2) is 5.69 Å². The van der Waals surface area contributed by atoms with E-state index in [2.05, 4.69) is 15.5 Å². The highest BCUT2D eigenvalue weighted by atomic mass is 35.5. The number of hydrogen-bond acceptors (Lipinski definition) is 4. The van der Waals surface area contributed by atoms with Gasteiger partial charge in [0.25, 0.3) is 5.91 Å². The number of aryl methyl sites for hydroxylation is 1. The minimum Gasteiger partial charge on any atom is -0.361 e. The molecule has 0 saturated carbocycles. The highest BCUT2D eigenvalue weighted by Crippen LogP contribution is 2.13. The van der Waals surface area contributed by atoms with Crippen molar-refractivity contribution in [1.29, 1.82) is 0 Å². The summed E-state index contributed by atoms with van der Waals surface area (Å²) in [6, 6.07) is 4.74. The molecule has 82 valence electrons. The summed E-state index contributed by atoms with van der Waals surface area (Å²) in [4.78, 5) is 15.4. The maximum atomic E-state index is 11.6. The summed E-state index contributed by atoms with van der Waals surface area (Å²) >= 11 is 5.68. The molecule has 16 heavy (non-hydrogen) atoms. The van der Waals surface area contributed by atoms with Gasteiger partial charge in [-0.1, -0.05) is 16.8 Å². The van der Waals surface area contributed by atoms with E-state index in [0.717, 1.165) is 0 Å². The van der Waals surface area contributed by atoms with Crippen LogP contribution in [0.4, 0.5) is 5.69 Å². The second kappa shape index (κ2) is 4.32. The summed E-state index contributed by atoms with van der Waals surface area (Å²) in [5, 5.41) is 6.54. The Kier molecular flexibility index (Phi) is 2.87. The predicted molar refractivity (Wildman–Crippen MR) is 58.4 cm³/mol. The molecular formula is C10H8ClN3O2. The van der Waals surface area contributed by atoms with E-state index in [4.69, 9.17) is 16.1 Å². The molecule has 0 spiro atoms. The Balaban J connectivity index is 2.13. The van der Waals surface area contributed by atoms with Crippen LogP contribution in [-0.2, 0) is 0 Å². The van der Waals surface area contributed by atoms with Gasteiger partial charge in [-0.25, -0.2) is 4.98 Å². The molecule has 0 atom stereocenters. The van der Waals surface area contributed by atoms with Crippen molar-refractivity contribution in [2.24, 2.45) is 0 Å². The van der Waals surface area contributed by atoms with Gasteiger partial charge in [0.2, 0.25) is 0 Å². The van der Waals surface area contributed by atoms with Gasteiger partial charge in [0.05, 0.1) is 0 Å². The Labute approximate surface area is 96.4 Å². The average Bonchev–Trinajstić information content (AvgIpc) is 2.65. The maximum Gasteiger partial charge on any atom is 0.277 e. The van der Waals surface area contributed by atoms with Crippen molar-refractivity contribution in [2.45, 2.75) is 6.92 Å². The number of amides is 1. The third-order valence-corrected chi connectivity index (χ3v) is 2.05. The number of halogens is 1. The lowest BCUT2D eigenvalue weighted by molar-refractivity contribution is 0.101. The van der Waals surface area contributed by atoms with Crippen LogP contribution in [0, 0.1) is 6.92 Å². The number of pyridine rings is 1. The van der Waals surface area contributed by atoms with Crippen LogP contribution in [-0.4, -0.2) is 16.0 Å². The fraction of sp³-hybridized carbons (Fsp3) is 0.100. The molecule has 0 aliphatic rings. The van der Waals surface area contributed by atoms with Gasteiger partial charge >= 0.3 is 0 Å². The van der Waals surface area contributed by atoms with Crippen LogP contribution < -0.4 is 5.32 Å². The molecular weight excluding hydrogens is 230 g/mol. The Morgan fingerprint density at radius 3 is 2.94 bits per heavy atom. The number of carbonyl (C=O) groups is 1. The topological polar surface area (TPSA) is 68.0 Å². The van der Waals surface area contributed by atoms with Crippen molar-refractivity contribution in [3.63, 3.8) is 0 Å². The molecule has 2 rings (SSSR count). The first-order valence-electron chi connectivity index (χ1n) is 4.51. The van der Waals surface area contributed by atoms with Gasteiger partial charge in [-0.15, -0.1) is 0 Å². The molecule has 0 saturated heterocycles. The number of nitrogens with zero attached hydrogens (tertiary/aromatic N) is 2. The van der Waals surface area contributed by atoms with Gasteiger partial charge in [-0.05, 0) is 19.1 Å². The summed E-state index contributed by atoms with van der Waals surface area (Å²) < 4.78 is 4.80. The fourth-order valence-corrected chi connectivity index (χ4v) is 1.32. The number of anilines is 1. The zero-order valence-electron chi connectivity index (χ0n) is 8.40. The highest BCUT2D eigenvalue weighted by molar-refractivity contribution is 6.29. The minimum atomic E-state index is -0.348. The van der Waals surface area contributed by atoms with Crippen LogP contribution >= 0.6 is 11.6 Å². The number of carbonyl (C=O) groups excluding carboxylic acids is 1. The zero-order chi connectivity index (χ0) is 11.5. The Morgan fingerprint density at radius 1 is 1.50 bits per heavy atom.